The standard InChI is InChI=1S/C12H27NO2/c1-2-3-4-5-6-7-8-12(15)9-11(13)10-14/h11-12,14-15H,2-10,13H2,1H3. The lowest BCUT2D eigenvalue weighted by molar-refractivity contribution is 0.128. The second kappa shape index (κ2) is 10.4. The molecule has 2 atom stereocenters. The lowest BCUT2D eigenvalue weighted by Crippen LogP contribution is -2.29. The summed E-state index contributed by atoms with van der Waals surface area (Å²) in [6.45, 7) is 2.17. The van der Waals surface area contributed by atoms with Gasteiger partial charge < -0.3 is 15.9 Å². The summed E-state index contributed by atoms with van der Waals surface area (Å²) in [6, 6.07) is -0.264. The van der Waals surface area contributed by atoms with Gasteiger partial charge >= 0.3 is 0 Å². The van der Waals surface area contributed by atoms with E-state index in [-0.39, 0.29) is 18.8 Å². The number of hydrogen-bond acceptors (Lipinski definition) is 3. The first kappa shape index (κ1) is 14.9. The van der Waals surface area contributed by atoms with Crippen molar-refractivity contribution in [2.45, 2.75) is 70.4 Å². The molecule has 0 bridgehead atoms. The Kier molecular flexibility index (Phi) is 10.3. The second-order valence-electron chi connectivity index (χ2n) is 4.39. The van der Waals surface area contributed by atoms with Crippen LogP contribution in [0.5, 0.6) is 0 Å². The van der Waals surface area contributed by atoms with Gasteiger partial charge in [-0.2, -0.15) is 0 Å². The van der Waals surface area contributed by atoms with Crippen LogP contribution in [-0.4, -0.2) is 29.0 Å². The van der Waals surface area contributed by atoms with Gasteiger partial charge in [0.1, 0.15) is 0 Å². The average molecular weight is 217 g/mol. The van der Waals surface area contributed by atoms with Gasteiger partial charge in [-0.15, -0.1) is 0 Å². The van der Waals surface area contributed by atoms with E-state index in [1.807, 2.05) is 0 Å². The van der Waals surface area contributed by atoms with E-state index in [0.29, 0.717) is 6.42 Å². The van der Waals surface area contributed by atoms with Gasteiger partial charge in [0.15, 0.2) is 0 Å². The van der Waals surface area contributed by atoms with E-state index < -0.39 is 0 Å². The molecule has 0 aromatic carbocycles. The Morgan fingerprint density at radius 2 is 1.67 bits per heavy atom. The summed E-state index contributed by atoms with van der Waals surface area (Å²) in [5.74, 6) is 0. The highest BCUT2D eigenvalue weighted by Crippen LogP contribution is 2.10. The molecule has 0 amide bonds. The molecule has 0 spiro atoms. The lowest BCUT2D eigenvalue weighted by atomic mass is 10.0. The van der Waals surface area contributed by atoms with E-state index in [9.17, 15) is 5.11 Å². The molecule has 0 radical (unpaired) electrons. The third-order valence-corrected chi connectivity index (χ3v) is 2.70. The lowest BCUT2D eigenvalue weighted by Gasteiger charge is -2.14. The van der Waals surface area contributed by atoms with E-state index in [4.69, 9.17) is 10.8 Å². The number of aliphatic hydroxyl groups is 2. The molecule has 0 aromatic rings. The molecule has 0 heterocycles. The summed E-state index contributed by atoms with van der Waals surface area (Å²) in [4.78, 5) is 0. The van der Waals surface area contributed by atoms with E-state index >= 15 is 0 Å². The van der Waals surface area contributed by atoms with E-state index in [1.54, 1.807) is 0 Å². The minimum atomic E-state index is -0.335. The molecule has 0 saturated heterocycles. The van der Waals surface area contributed by atoms with Gasteiger partial charge in [0, 0.05) is 6.04 Å². The fourth-order valence-electron chi connectivity index (χ4n) is 1.70. The largest absolute Gasteiger partial charge is 0.395 e. The van der Waals surface area contributed by atoms with Crippen LogP contribution < -0.4 is 5.73 Å². The molecule has 0 fully saturated rings. The summed E-state index contributed by atoms with van der Waals surface area (Å²) in [6.07, 6.45) is 8.44. The first-order chi connectivity index (χ1) is 7.20. The van der Waals surface area contributed by atoms with Crippen molar-refractivity contribution >= 4 is 0 Å². The molecule has 3 heteroatoms. The second-order valence-corrected chi connectivity index (χ2v) is 4.39. The maximum Gasteiger partial charge on any atom is 0.0583 e. The van der Waals surface area contributed by atoms with Crippen molar-refractivity contribution in [3.05, 3.63) is 0 Å². The third-order valence-electron chi connectivity index (χ3n) is 2.70. The summed E-state index contributed by atoms with van der Waals surface area (Å²) in [7, 11) is 0. The maximum atomic E-state index is 9.56. The highest BCUT2D eigenvalue weighted by molar-refractivity contribution is 4.66. The summed E-state index contributed by atoms with van der Waals surface area (Å²) < 4.78 is 0. The van der Waals surface area contributed by atoms with Crippen molar-refractivity contribution in [3.63, 3.8) is 0 Å². The van der Waals surface area contributed by atoms with Gasteiger partial charge in [0.2, 0.25) is 0 Å². The van der Waals surface area contributed by atoms with Crippen molar-refractivity contribution in [2.75, 3.05) is 6.61 Å². The molecule has 0 aliphatic rings. The zero-order chi connectivity index (χ0) is 11.5. The van der Waals surface area contributed by atoms with Crippen LogP contribution in [-0.2, 0) is 0 Å². The fourth-order valence-corrected chi connectivity index (χ4v) is 1.70. The van der Waals surface area contributed by atoms with E-state index in [2.05, 4.69) is 6.92 Å². The normalized spacial score (nSPS) is 15.2. The maximum absolute atomic E-state index is 9.56. The molecule has 2 unspecified atom stereocenters. The highest BCUT2D eigenvalue weighted by atomic mass is 16.3. The quantitative estimate of drug-likeness (QED) is 0.489. The SMILES string of the molecule is CCCCCCCCC(O)CC(N)CO. The molecule has 92 valence electrons. The Morgan fingerprint density at radius 1 is 1.07 bits per heavy atom. The van der Waals surface area contributed by atoms with Crippen LogP contribution in [0.4, 0.5) is 0 Å². The third kappa shape index (κ3) is 10.2. The smallest absolute Gasteiger partial charge is 0.0583 e. The molecular formula is C12H27NO2. The van der Waals surface area contributed by atoms with Crippen LogP contribution in [0.3, 0.4) is 0 Å². The molecule has 0 saturated carbocycles. The van der Waals surface area contributed by atoms with Crippen LogP contribution in [0, 0.1) is 0 Å². The van der Waals surface area contributed by atoms with Crippen LogP contribution in [0.2, 0.25) is 0 Å². The number of unbranched alkanes of at least 4 members (excludes halogenated alkanes) is 5. The zero-order valence-electron chi connectivity index (χ0n) is 9.99. The molecule has 3 nitrogen and oxygen atoms in total. The molecule has 0 rings (SSSR count). The Balaban J connectivity index is 3.20. The van der Waals surface area contributed by atoms with Gasteiger partial charge in [0.25, 0.3) is 0 Å². The minimum Gasteiger partial charge on any atom is -0.395 e. The number of rotatable bonds is 10. The predicted octanol–water partition coefficient (Wildman–Crippen LogP) is 1.81. The van der Waals surface area contributed by atoms with Crippen molar-refractivity contribution in [1.82, 2.24) is 0 Å². The first-order valence-corrected chi connectivity index (χ1v) is 6.25. The minimum absolute atomic E-state index is 0.0342. The molecule has 0 aliphatic carbocycles. The molecular weight excluding hydrogens is 190 g/mol. The molecule has 0 aliphatic heterocycles. The van der Waals surface area contributed by atoms with Crippen molar-refractivity contribution in [3.8, 4) is 0 Å². The molecule has 4 N–H and O–H groups in total. The monoisotopic (exact) mass is 217 g/mol. The zero-order valence-corrected chi connectivity index (χ0v) is 9.99. The molecule has 0 aromatic heterocycles. The number of nitrogens with two attached hydrogens (primary N) is 1. The Hall–Kier alpha value is -0.120. The molecule has 15 heavy (non-hydrogen) atoms. The van der Waals surface area contributed by atoms with Crippen molar-refractivity contribution in [1.29, 1.82) is 0 Å². The average Bonchev–Trinajstić information content (AvgIpc) is 2.23. The Morgan fingerprint density at radius 3 is 2.27 bits per heavy atom. The van der Waals surface area contributed by atoms with Crippen molar-refractivity contribution in [2.24, 2.45) is 5.73 Å². The predicted molar refractivity (Wildman–Crippen MR) is 63.7 cm³/mol. The topological polar surface area (TPSA) is 66.5 Å². The summed E-state index contributed by atoms with van der Waals surface area (Å²) in [5.41, 5.74) is 5.53. The van der Waals surface area contributed by atoms with Crippen LogP contribution in [0.1, 0.15) is 58.3 Å². The Labute approximate surface area is 93.7 Å². The summed E-state index contributed by atoms with van der Waals surface area (Å²) in [5, 5.41) is 18.3. The summed E-state index contributed by atoms with van der Waals surface area (Å²) >= 11 is 0. The van der Waals surface area contributed by atoms with Crippen LogP contribution in [0.25, 0.3) is 0 Å². The van der Waals surface area contributed by atoms with Gasteiger partial charge in [0.05, 0.1) is 12.7 Å². The fraction of sp³-hybridized carbons (Fsp3) is 1.00. The number of aliphatic hydroxyl groups excluding tert-OH is 2. The van der Waals surface area contributed by atoms with Gasteiger partial charge in [-0.3, -0.25) is 0 Å². The van der Waals surface area contributed by atoms with Gasteiger partial charge in [-0.25, -0.2) is 0 Å². The van der Waals surface area contributed by atoms with Crippen LogP contribution >= 0.6 is 0 Å². The Bertz CT molecular complexity index is 131. The van der Waals surface area contributed by atoms with Gasteiger partial charge in [-0.05, 0) is 12.8 Å². The van der Waals surface area contributed by atoms with Crippen molar-refractivity contribution < 1.29 is 10.2 Å². The van der Waals surface area contributed by atoms with Crippen LogP contribution in [0.15, 0.2) is 0 Å². The first-order valence-electron chi connectivity index (χ1n) is 6.25. The van der Waals surface area contributed by atoms with E-state index in [1.165, 1.54) is 32.1 Å². The van der Waals surface area contributed by atoms with E-state index in [0.717, 1.165) is 12.8 Å². The van der Waals surface area contributed by atoms with Gasteiger partial charge in [-0.1, -0.05) is 45.4 Å². The highest BCUT2D eigenvalue weighted by Gasteiger charge is 2.09. The number of hydrogen-bond donors (Lipinski definition) is 3.